The summed E-state index contributed by atoms with van der Waals surface area (Å²) >= 11 is 12.1. The van der Waals surface area contributed by atoms with Crippen molar-refractivity contribution in [2.24, 2.45) is 0 Å². The fourth-order valence-corrected chi connectivity index (χ4v) is 5.12. The van der Waals surface area contributed by atoms with Gasteiger partial charge in [0.05, 0.1) is 20.6 Å². The number of hydrogen-bond donors (Lipinski definition) is 0. The van der Waals surface area contributed by atoms with Crippen molar-refractivity contribution in [1.82, 2.24) is 4.90 Å². The molecule has 28 heavy (non-hydrogen) atoms. The summed E-state index contributed by atoms with van der Waals surface area (Å²) in [6, 6.07) is 12.7. The molecule has 1 aliphatic carbocycles. The van der Waals surface area contributed by atoms with E-state index in [1.807, 2.05) is 0 Å². The molecular formula is C20H22Cl2N2O3S. The average molecular weight is 441 g/mol. The van der Waals surface area contributed by atoms with Gasteiger partial charge in [-0.05, 0) is 43.2 Å². The Morgan fingerprint density at radius 3 is 2.29 bits per heavy atom. The molecule has 150 valence electrons. The summed E-state index contributed by atoms with van der Waals surface area (Å²) in [4.78, 5) is 14.7. The highest BCUT2D eigenvalue weighted by molar-refractivity contribution is 7.92. The monoisotopic (exact) mass is 440 g/mol. The van der Waals surface area contributed by atoms with E-state index in [4.69, 9.17) is 23.2 Å². The molecule has 0 aliphatic heterocycles. The van der Waals surface area contributed by atoms with E-state index in [-0.39, 0.29) is 28.4 Å². The summed E-state index contributed by atoms with van der Waals surface area (Å²) < 4.78 is 27.7. The number of likely N-dealkylation sites (N-methyl/N-ethyl adjacent to an activating group) is 1. The van der Waals surface area contributed by atoms with Crippen LogP contribution < -0.4 is 4.31 Å². The summed E-state index contributed by atoms with van der Waals surface area (Å²) in [5.41, 5.74) is 0.298. The van der Waals surface area contributed by atoms with Crippen LogP contribution in [0.15, 0.2) is 53.4 Å². The normalized spacial score (nSPS) is 14.8. The molecule has 0 spiro atoms. The van der Waals surface area contributed by atoms with Gasteiger partial charge in [0.15, 0.2) is 0 Å². The zero-order valence-electron chi connectivity index (χ0n) is 15.5. The van der Waals surface area contributed by atoms with Crippen molar-refractivity contribution in [2.45, 2.75) is 36.6 Å². The second kappa shape index (κ2) is 8.72. The minimum atomic E-state index is -3.95. The van der Waals surface area contributed by atoms with Gasteiger partial charge in [-0.25, -0.2) is 8.42 Å². The Balaban J connectivity index is 1.97. The maximum absolute atomic E-state index is 13.3. The molecule has 3 rings (SSSR count). The molecule has 1 fully saturated rings. The van der Waals surface area contributed by atoms with Crippen molar-refractivity contribution in [3.63, 3.8) is 0 Å². The van der Waals surface area contributed by atoms with Crippen LogP contribution in [0.5, 0.6) is 0 Å². The minimum Gasteiger partial charge on any atom is -0.341 e. The fourth-order valence-electron chi connectivity index (χ4n) is 3.40. The number of rotatable bonds is 6. The quantitative estimate of drug-likeness (QED) is 0.659. The first-order chi connectivity index (χ1) is 13.3. The predicted molar refractivity (Wildman–Crippen MR) is 112 cm³/mol. The minimum absolute atomic E-state index is 0.109. The van der Waals surface area contributed by atoms with E-state index >= 15 is 0 Å². The summed E-state index contributed by atoms with van der Waals surface area (Å²) in [5, 5.41) is 0.543. The van der Waals surface area contributed by atoms with Gasteiger partial charge in [0.25, 0.3) is 10.0 Å². The number of nitrogens with zero attached hydrogens (tertiary/aromatic N) is 2. The number of carbonyl (C=O) groups is 1. The van der Waals surface area contributed by atoms with Gasteiger partial charge in [0.1, 0.15) is 6.54 Å². The second-order valence-corrected chi connectivity index (χ2v) is 9.54. The fraction of sp³-hybridized carbons (Fsp3) is 0.350. The Morgan fingerprint density at radius 2 is 1.68 bits per heavy atom. The maximum Gasteiger partial charge on any atom is 0.264 e. The third kappa shape index (κ3) is 4.45. The van der Waals surface area contributed by atoms with Crippen LogP contribution in [0.4, 0.5) is 5.69 Å². The highest BCUT2D eigenvalue weighted by Crippen LogP contribution is 2.31. The van der Waals surface area contributed by atoms with Gasteiger partial charge in [0.2, 0.25) is 5.91 Å². The molecule has 0 bridgehead atoms. The van der Waals surface area contributed by atoms with Gasteiger partial charge >= 0.3 is 0 Å². The van der Waals surface area contributed by atoms with Crippen molar-refractivity contribution in [3.05, 3.63) is 58.6 Å². The summed E-state index contributed by atoms with van der Waals surface area (Å²) in [6.45, 7) is -0.303. The molecule has 0 aromatic heterocycles. The third-order valence-electron chi connectivity index (χ3n) is 5.07. The number of halogens is 2. The molecule has 2 aromatic carbocycles. The smallest absolute Gasteiger partial charge is 0.264 e. The van der Waals surface area contributed by atoms with Crippen molar-refractivity contribution < 1.29 is 13.2 Å². The molecule has 0 saturated heterocycles. The number of hydrogen-bond acceptors (Lipinski definition) is 3. The van der Waals surface area contributed by atoms with Crippen molar-refractivity contribution in [3.8, 4) is 0 Å². The van der Waals surface area contributed by atoms with Crippen LogP contribution in [0, 0.1) is 0 Å². The van der Waals surface area contributed by atoms with Crippen LogP contribution in [0.2, 0.25) is 10.0 Å². The first-order valence-corrected chi connectivity index (χ1v) is 11.3. The molecule has 0 heterocycles. The molecule has 1 amide bonds. The molecule has 5 nitrogen and oxygen atoms in total. The van der Waals surface area contributed by atoms with Crippen LogP contribution >= 0.6 is 23.2 Å². The number of sulfonamides is 1. The largest absolute Gasteiger partial charge is 0.341 e. The summed E-state index contributed by atoms with van der Waals surface area (Å²) in [5.74, 6) is -0.252. The molecule has 0 radical (unpaired) electrons. The van der Waals surface area contributed by atoms with Gasteiger partial charge in [-0.1, -0.05) is 54.2 Å². The Kier molecular flexibility index (Phi) is 6.53. The number of carbonyl (C=O) groups excluding carboxylic acids is 1. The summed E-state index contributed by atoms with van der Waals surface area (Å²) in [6.07, 6.45) is 4.06. The lowest BCUT2D eigenvalue weighted by atomic mass is 10.2. The van der Waals surface area contributed by atoms with Crippen molar-refractivity contribution in [1.29, 1.82) is 0 Å². The predicted octanol–water partition coefficient (Wildman–Crippen LogP) is 4.59. The Labute approximate surface area is 175 Å². The van der Waals surface area contributed by atoms with Crippen LogP contribution in [0.1, 0.15) is 25.7 Å². The number of benzene rings is 2. The molecule has 0 N–H and O–H groups in total. The lowest BCUT2D eigenvalue weighted by Crippen LogP contribution is -2.44. The van der Waals surface area contributed by atoms with E-state index in [0.717, 1.165) is 30.0 Å². The molecule has 2 aromatic rings. The maximum atomic E-state index is 13.3. The molecule has 1 saturated carbocycles. The van der Waals surface area contributed by atoms with Crippen molar-refractivity contribution >= 4 is 44.8 Å². The summed E-state index contributed by atoms with van der Waals surface area (Å²) in [7, 11) is -2.22. The standard InChI is InChI=1S/C20H22Cl2N2O3S/c1-23(15-7-5-6-8-15)20(25)14-24(16-11-12-18(21)19(22)13-16)28(26,27)17-9-3-2-4-10-17/h2-4,9-13,15H,5-8,14H2,1H3. The highest BCUT2D eigenvalue weighted by Gasteiger charge is 2.31. The van der Waals surface area contributed by atoms with E-state index in [9.17, 15) is 13.2 Å². The van der Waals surface area contributed by atoms with E-state index in [1.54, 1.807) is 36.2 Å². The Morgan fingerprint density at radius 1 is 1.04 bits per heavy atom. The molecule has 0 atom stereocenters. The highest BCUT2D eigenvalue weighted by atomic mass is 35.5. The van der Waals surface area contributed by atoms with Gasteiger partial charge in [-0.15, -0.1) is 0 Å². The van der Waals surface area contributed by atoms with E-state index < -0.39 is 10.0 Å². The van der Waals surface area contributed by atoms with Crippen molar-refractivity contribution in [2.75, 3.05) is 17.9 Å². The Hall–Kier alpha value is -1.76. The first kappa shape index (κ1) is 21.0. The lowest BCUT2D eigenvalue weighted by molar-refractivity contribution is -0.130. The van der Waals surface area contributed by atoms with Crippen LogP contribution in [0.3, 0.4) is 0 Å². The third-order valence-corrected chi connectivity index (χ3v) is 7.59. The van der Waals surface area contributed by atoms with Gasteiger partial charge in [-0.3, -0.25) is 9.10 Å². The van der Waals surface area contributed by atoms with Crippen LogP contribution in [-0.2, 0) is 14.8 Å². The lowest BCUT2D eigenvalue weighted by Gasteiger charge is -2.29. The van der Waals surface area contributed by atoms with Crippen LogP contribution in [-0.4, -0.2) is 38.9 Å². The van der Waals surface area contributed by atoms with E-state index in [1.165, 1.54) is 24.3 Å². The number of anilines is 1. The first-order valence-electron chi connectivity index (χ1n) is 9.09. The number of amides is 1. The SMILES string of the molecule is CN(C(=O)CN(c1ccc(Cl)c(Cl)c1)S(=O)(=O)c1ccccc1)C1CCCC1. The van der Waals surface area contributed by atoms with Gasteiger partial charge in [0, 0.05) is 13.1 Å². The van der Waals surface area contributed by atoms with Gasteiger partial charge in [-0.2, -0.15) is 0 Å². The van der Waals surface area contributed by atoms with Crippen LogP contribution in [0.25, 0.3) is 0 Å². The molecule has 0 unspecified atom stereocenters. The zero-order valence-corrected chi connectivity index (χ0v) is 17.8. The average Bonchev–Trinajstić information content (AvgIpc) is 3.23. The zero-order chi connectivity index (χ0) is 20.3. The Bertz CT molecular complexity index is 945. The van der Waals surface area contributed by atoms with E-state index in [0.29, 0.717) is 10.7 Å². The molecule has 8 heteroatoms. The van der Waals surface area contributed by atoms with Gasteiger partial charge < -0.3 is 4.90 Å². The topological polar surface area (TPSA) is 57.7 Å². The molecular weight excluding hydrogens is 419 g/mol. The molecule has 1 aliphatic rings. The second-order valence-electron chi connectivity index (χ2n) is 6.87. The van der Waals surface area contributed by atoms with E-state index in [2.05, 4.69) is 0 Å².